The minimum atomic E-state index is -3.04. The Morgan fingerprint density at radius 1 is 1.19 bits per heavy atom. The molecule has 5 heteroatoms. The molecule has 0 saturated heterocycles. The van der Waals surface area contributed by atoms with E-state index in [4.69, 9.17) is 0 Å². The van der Waals surface area contributed by atoms with Crippen molar-refractivity contribution in [1.29, 1.82) is 0 Å². The molecule has 0 aromatic carbocycles. The molecule has 1 fully saturated rings. The van der Waals surface area contributed by atoms with Gasteiger partial charge in [0, 0.05) is 18.1 Å². The van der Waals surface area contributed by atoms with Gasteiger partial charge in [0.1, 0.15) is 0 Å². The van der Waals surface area contributed by atoms with Gasteiger partial charge >= 0.3 is 0 Å². The molecule has 0 radical (unpaired) electrons. The molecule has 1 unspecified atom stereocenters. The SMILES string of the molecule is CCC(C)NC1CCC(NS(C)(=O)=O)CC1. The minimum Gasteiger partial charge on any atom is -0.312 e. The van der Waals surface area contributed by atoms with Crippen molar-refractivity contribution in [3.05, 3.63) is 0 Å². The first-order chi connectivity index (χ1) is 7.40. The van der Waals surface area contributed by atoms with Crippen LogP contribution in [0.5, 0.6) is 0 Å². The Bertz CT molecular complexity index is 295. The third kappa shape index (κ3) is 5.27. The van der Waals surface area contributed by atoms with Crippen LogP contribution in [-0.2, 0) is 10.0 Å². The second kappa shape index (κ2) is 5.98. The van der Waals surface area contributed by atoms with Crippen LogP contribution in [0.2, 0.25) is 0 Å². The lowest BCUT2D eigenvalue weighted by Crippen LogP contribution is -2.44. The summed E-state index contributed by atoms with van der Waals surface area (Å²) in [5, 5.41) is 3.57. The molecule has 0 bridgehead atoms. The highest BCUT2D eigenvalue weighted by Gasteiger charge is 2.23. The predicted molar refractivity (Wildman–Crippen MR) is 66.9 cm³/mol. The van der Waals surface area contributed by atoms with E-state index < -0.39 is 10.0 Å². The van der Waals surface area contributed by atoms with Gasteiger partial charge in [0.05, 0.1) is 6.26 Å². The van der Waals surface area contributed by atoms with E-state index in [1.807, 2.05) is 0 Å². The highest BCUT2D eigenvalue weighted by atomic mass is 32.2. The summed E-state index contributed by atoms with van der Waals surface area (Å²) < 4.78 is 24.8. The number of sulfonamides is 1. The normalized spacial score (nSPS) is 28.9. The molecule has 2 N–H and O–H groups in total. The summed E-state index contributed by atoms with van der Waals surface area (Å²) in [6.07, 6.45) is 6.40. The Kier molecular flexibility index (Phi) is 5.21. The fraction of sp³-hybridized carbons (Fsp3) is 1.00. The van der Waals surface area contributed by atoms with Crippen LogP contribution in [0.15, 0.2) is 0 Å². The van der Waals surface area contributed by atoms with E-state index in [2.05, 4.69) is 23.9 Å². The number of hydrogen-bond acceptors (Lipinski definition) is 3. The molecule has 1 rings (SSSR count). The van der Waals surface area contributed by atoms with Crippen molar-refractivity contribution >= 4 is 10.0 Å². The summed E-state index contributed by atoms with van der Waals surface area (Å²) in [7, 11) is -3.04. The standard InChI is InChI=1S/C11H24N2O2S/c1-4-9(2)12-10-5-7-11(8-6-10)13-16(3,14)15/h9-13H,4-8H2,1-3H3. The van der Waals surface area contributed by atoms with E-state index in [0.717, 1.165) is 32.1 Å². The zero-order valence-electron chi connectivity index (χ0n) is 10.5. The van der Waals surface area contributed by atoms with Crippen molar-refractivity contribution in [2.45, 2.75) is 64.1 Å². The number of rotatable bonds is 5. The molecular weight excluding hydrogens is 224 g/mol. The van der Waals surface area contributed by atoms with Crippen molar-refractivity contribution in [2.24, 2.45) is 0 Å². The largest absolute Gasteiger partial charge is 0.312 e. The summed E-state index contributed by atoms with van der Waals surface area (Å²) in [5.41, 5.74) is 0. The topological polar surface area (TPSA) is 58.2 Å². The van der Waals surface area contributed by atoms with Crippen molar-refractivity contribution in [3.8, 4) is 0 Å². The molecule has 96 valence electrons. The van der Waals surface area contributed by atoms with Crippen LogP contribution < -0.4 is 10.0 Å². The van der Waals surface area contributed by atoms with E-state index in [1.54, 1.807) is 0 Å². The van der Waals surface area contributed by atoms with Gasteiger partial charge in [0.15, 0.2) is 0 Å². The average Bonchev–Trinajstić information content (AvgIpc) is 2.18. The highest BCUT2D eigenvalue weighted by Crippen LogP contribution is 2.19. The lowest BCUT2D eigenvalue weighted by Gasteiger charge is -2.31. The van der Waals surface area contributed by atoms with Crippen LogP contribution in [0.3, 0.4) is 0 Å². The fourth-order valence-corrected chi connectivity index (χ4v) is 3.04. The Balaban J connectivity index is 2.29. The van der Waals surface area contributed by atoms with Gasteiger partial charge in [-0.25, -0.2) is 13.1 Å². The van der Waals surface area contributed by atoms with Gasteiger partial charge in [-0.2, -0.15) is 0 Å². The summed E-state index contributed by atoms with van der Waals surface area (Å²) in [5.74, 6) is 0. The Labute approximate surface area is 99.2 Å². The lowest BCUT2D eigenvalue weighted by molar-refractivity contribution is 0.307. The van der Waals surface area contributed by atoms with Crippen LogP contribution >= 0.6 is 0 Å². The first kappa shape index (κ1) is 13.9. The van der Waals surface area contributed by atoms with Crippen LogP contribution in [0.25, 0.3) is 0 Å². The Morgan fingerprint density at radius 2 is 1.69 bits per heavy atom. The van der Waals surface area contributed by atoms with Crippen LogP contribution in [0.1, 0.15) is 46.0 Å². The van der Waals surface area contributed by atoms with Gasteiger partial charge in [0.25, 0.3) is 0 Å². The molecule has 0 amide bonds. The van der Waals surface area contributed by atoms with Gasteiger partial charge in [-0.3, -0.25) is 0 Å². The zero-order valence-corrected chi connectivity index (χ0v) is 11.3. The number of nitrogens with one attached hydrogen (secondary N) is 2. The molecule has 0 heterocycles. The predicted octanol–water partition coefficient (Wildman–Crippen LogP) is 1.23. The molecule has 1 atom stereocenters. The summed E-state index contributed by atoms with van der Waals surface area (Å²) >= 11 is 0. The molecule has 1 saturated carbocycles. The third-order valence-corrected chi connectivity index (χ3v) is 4.00. The molecule has 0 aromatic rings. The molecular formula is C11H24N2O2S. The van der Waals surface area contributed by atoms with Crippen molar-refractivity contribution in [1.82, 2.24) is 10.0 Å². The maximum absolute atomic E-state index is 11.1. The van der Waals surface area contributed by atoms with Crippen molar-refractivity contribution < 1.29 is 8.42 Å². The lowest BCUT2D eigenvalue weighted by atomic mass is 9.91. The maximum Gasteiger partial charge on any atom is 0.208 e. The van der Waals surface area contributed by atoms with E-state index in [1.165, 1.54) is 6.26 Å². The van der Waals surface area contributed by atoms with E-state index in [0.29, 0.717) is 12.1 Å². The zero-order chi connectivity index (χ0) is 12.2. The van der Waals surface area contributed by atoms with Crippen LogP contribution in [-0.4, -0.2) is 32.8 Å². The Morgan fingerprint density at radius 3 is 2.12 bits per heavy atom. The second-order valence-electron chi connectivity index (χ2n) is 4.91. The highest BCUT2D eigenvalue weighted by molar-refractivity contribution is 7.88. The van der Waals surface area contributed by atoms with Crippen LogP contribution in [0.4, 0.5) is 0 Å². The maximum atomic E-state index is 11.1. The van der Waals surface area contributed by atoms with Crippen molar-refractivity contribution in [2.75, 3.05) is 6.26 Å². The molecule has 0 aliphatic heterocycles. The summed E-state index contributed by atoms with van der Waals surface area (Å²) in [6.45, 7) is 4.37. The van der Waals surface area contributed by atoms with Crippen LogP contribution in [0, 0.1) is 0 Å². The first-order valence-electron chi connectivity index (χ1n) is 6.14. The van der Waals surface area contributed by atoms with Gasteiger partial charge in [-0.05, 0) is 39.0 Å². The molecule has 4 nitrogen and oxygen atoms in total. The average molecular weight is 248 g/mol. The van der Waals surface area contributed by atoms with Crippen molar-refractivity contribution in [3.63, 3.8) is 0 Å². The van der Waals surface area contributed by atoms with Gasteiger partial charge in [-0.15, -0.1) is 0 Å². The van der Waals surface area contributed by atoms with Gasteiger partial charge in [0.2, 0.25) is 10.0 Å². The van der Waals surface area contributed by atoms with Gasteiger partial charge < -0.3 is 5.32 Å². The number of hydrogen-bond donors (Lipinski definition) is 2. The first-order valence-corrected chi connectivity index (χ1v) is 8.03. The smallest absolute Gasteiger partial charge is 0.208 e. The van der Waals surface area contributed by atoms with E-state index >= 15 is 0 Å². The third-order valence-electron chi connectivity index (χ3n) is 3.24. The molecule has 1 aliphatic rings. The fourth-order valence-electron chi connectivity index (χ4n) is 2.20. The monoisotopic (exact) mass is 248 g/mol. The summed E-state index contributed by atoms with van der Waals surface area (Å²) in [4.78, 5) is 0. The molecule has 1 aliphatic carbocycles. The quantitative estimate of drug-likeness (QED) is 0.769. The van der Waals surface area contributed by atoms with Gasteiger partial charge in [-0.1, -0.05) is 6.92 Å². The molecule has 0 spiro atoms. The minimum absolute atomic E-state index is 0.144. The Hall–Kier alpha value is -0.130. The molecule has 16 heavy (non-hydrogen) atoms. The second-order valence-corrected chi connectivity index (χ2v) is 6.69. The van der Waals surface area contributed by atoms with E-state index in [9.17, 15) is 8.42 Å². The molecule has 0 aromatic heterocycles. The van der Waals surface area contributed by atoms with E-state index in [-0.39, 0.29) is 6.04 Å². The summed E-state index contributed by atoms with van der Waals surface area (Å²) in [6, 6.07) is 1.27.